The monoisotopic (exact) mass is 114 g/mol. The molecule has 1 fully saturated rings. The summed E-state index contributed by atoms with van der Waals surface area (Å²) in [6, 6.07) is 0. The maximum atomic E-state index is 3.26. The first-order valence-electron chi connectivity index (χ1n) is 1.91. The van der Waals surface area contributed by atoms with Crippen LogP contribution in [-0.2, 0) is 0 Å². The largest absolute Gasteiger partial charge is 0.340 e. The Morgan fingerprint density at radius 2 is 1.50 bits per heavy atom. The predicted octanol–water partition coefficient (Wildman–Crippen LogP) is -1.67. The molecule has 32 valence electrons. The minimum atomic E-state index is 0.948. The topological polar surface area (TPSA) is 24.1 Å². The standard InChI is InChI=1S/C2H6N2Si2/c1-3-6-2-4-5-1/h3-4H,1-2H2. The molecular weight excluding hydrogens is 108 g/mol. The molecule has 0 aromatic heterocycles. The van der Waals surface area contributed by atoms with Gasteiger partial charge in [0.2, 0.25) is 0 Å². The molecule has 0 aromatic carbocycles. The van der Waals surface area contributed by atoms with E-state index < -0.39 is 0 Å². The van der Waals surface area contributed by atoms with Crippen LogP contribution >= 0.6 is 0 Å². The molecule has 0 aliphatic carbocycles. The maximum absolute atomic E-state index is 3.26. The molecule has 0 bridgehead atoms. The number of hydrogen-bond acceptors (Lipinski definition) is 2. The summed E-state index contributed by atoms with van der Waals surface area (Å²) in [5, 5.41) is 0. The molecule has 0 amide bonds. The van der Waals surface area contributed by atoms with Gasteiger partial charge in [-0.25, -0.2) is 0 Å². The van der Waals surface area contributed by atoms with Crippen molar-refractivity contribution >= 4 is 19.4 Å². The summed E-state index contributed by atoms with van der Waals surface area (Å²) in [4.78, 5) is 6.52. The van der Waals surface area contributed by atoms with Crippen LogP contribution in [0.3, 0.4) is 0 Å². The smallest absolute Gasteiger partial charge is 0.153 e. The number of hydrogen-bond donors (Lipinski definition) is 2. The lowest BCUT2D eigenvalue weighted by atomic mass is 11.5. The van der Waals surface area contributed by atoms with Gasteiger partial charge in [-0.3, -0.25) is 0 Å². The fraction of sp³-hybridized carbons (Fsp3) is 1.00. The van der Waals surface area contributed by atoms with Crippen molar-refractivity contribution in [2.45, 2.75) is 0 Å². The molecule has 1 heterocycles. The van der Waals surface area contributed by atoms with Gasteiger partial charge in [0.25, 0.3) is 0 Å². The first kappa shape index (κ1) is 4.51. The molecule has 2 N–H and O–H groups in total. The Morgan fingerprint density at radius 3 is 1.67 bits per heavy atom. The molecule has 2 nitrogen and oxygen atoms in total. The number of nitrogens with one attached hydrogen (secondary N) is 2. The van der Waals surface area contributed by atoms with E-state index in [9.17, 15) is 0 Å². The normalized spacial score (nSPS) is 24.0. The van der Waals surface area contributed by atoms with Crippen LogP contribution in [0.2, 0.25) is 0 Å². The van der Waals surface area contributed by atoms with Gasteiger partial charge in [-0.1, -0.05) is 0 Å². The summed E-state index contributed by atoms with van der Waals surface area (Å²) in [5.41, 5.74) is 0. The van der Waals surface area contributed by atoms with Gasteiger partial charge < -0.3 is 9.96 Å². The van der Waals surface area contributed by atoms with Gasteiger partial charge in [0.1, 0.15) is 0 Å². The first-order valence-corrected chi connectivity index (χ1v) is 4.33. The Balaban J connectivity index is 2.00. The van der Waals surface area contributed by atoms with Gasteiger partial charge in [0, 0.05) is 0 Å². The van der Waals surface area contributed by atoms with Crippen molar-refractivity contribution in [1.29, 1.82) is 0 Å². The van der Waals surface area contributed by atoms with E-state index >= 15 is 0 Å². The number of rotatable bonds is 0. The van der Waals surface area contributed by atoms with Crippen molar-refractivity contribution in [3.05, 3.63) is 0 Å². The first-order chi connectivity index (χ1) is 3.00. The molecule has 0 atom stereocenters. The molecule has 0 spiro atoms. The zero-order valence-corrected chi connectivity index (χ0v) is 5.41. The van der Waals surface area contributed by atoms with E-state index in [1.807, 2.05) is 0 Å². The van der Waals surface area contributed by atoms with Gasteiger partial charge in [0.15, 0.2) is 19.4 Å². The van der Waals surface area contributed by atoms with E-state index in [1.165, 1.54) is 12.3 Å². The summed E-state index contributed by atoms with van der Waals surface area (Å²) < 4.78 is 0. The predicted molar refractivity (Wildman–Crippen MR) is 27.5 cm³/mol. The van der Waals surface area contributed by atoms with E-state index in [4.69, 9.17) is 0 Å². The maximum Gasteiger partial charge on any atom is 0.153 e. The quantitative estimate of drug-likeness (QED) is 0.368. The van der Waals surface area contributed by atoms with E-state index in [0.717, 1.165) is 19.4 Å². The summed E-state index contributed by atoms with van der Waals surface area (Å²) >= 11 is 0. The summed E-state index contributed by atoms with van der Waals surface area (Å²) in [5.74, 6) is 0. The lowest BCUT2D eigenvalue weighted by molar-refractivity contribution is 1.01. The second-order valence-corrected chi connectivity index (χ2v) is 3.18. The lowest BCUT2D eigenvalue weighted by Crippen LogP contribution is -2.45. The Bertz CT molecular complexity index is 25.0. The van der Waals surface area contributed by atoms with Gasteiger partial charge >= 0.3 is 0 Å². The summed E-state index contributed by atoms with van der Waals surface area (Å²) in [7, 11) is 1.90. The van der Waals surface area contributed by atoms with Crippen LogP contribution in [0.1, 0.15) is 0 Å². The molecule has 1 aliphatic heterocycles. The highest BCUT2D eigenvalue weighted by Gasteiger charge is 1.95. The van der Waals surface area contributed by atoms with Crippen LogP contribution in [0, 0.1) is 0 Å². The third-order valence-electron chi connectivity index (χ3n) is 0.604. The third kappa shape index (κ3) is 1.21. The highest BCUT2D eigenvalue weighted by Crippen LogP contribution is 1.59. The van der Waals surface area contributed by atoms with E-state index in [2.05, 4.69) is 9.96 Å². The SMILES string of the molecule is C1N[Si]CN[Si]1. The average molecular weight is 114 g/mol. The molecule has 1 rings (SSSR count). The fourth-order valence-electron chi connectivity index (χ4n) is 0.338. The van der Waals surface area contributed by atoms with Crippen LogP contribution in [0.25, 0.3) is 0 Å². The highest BCUT2D eigenvalue weighted by atomic mass is 28.2. The average Bonchev–Trinajstić information content (AvgIpc) is 1.72. The van der Waals surface area contributed by atoms with Crippen LogP contribution in [-0.4, -0.2) is 31.7 Å². The van der Waals surface area contributed by atoms with Crippen molar-refractivity contribution in [2.24, 2.45) is 0 Å². The molecule has 4 heteroatoms. The van der Waals surface area contributed by atoms with Crippen LogP contribution in [0.5, 0.6) is 0 Å². The second kappa shape index (κ2) is 2.51. The highest BCUT2D eigenvalue weighted by molar-refractivity contribution is 6.43. The lowest BCUT2D eigenvalue weighted by Gasteiger charge is -2.08. The fourth-order valence-corrected chi connectivity index (χ4v) is 2.30. The summed E-state index contributed by atoms with van der Waals surface area (Å²) in [6.45, 7) is 0. The molecule has 0 aromatic rings. The van der Waals surface area contributed by atoms with Crippen LogP contribution < -0.4 is 9.96 Å². The molecule has 1 aliphatic rings. The van der Waals surface area contributed by atoms with Gasteiger partial charge in [-0.2, -0.15) is 0 Å². The minimum absolute atomic E-state index is 0.948. The van der Waals surface area contributed by atoms with Gasteiger partial charge in [-0.05, 0) is 12.3 Å². The zero-order valence-electron chi connectivity index (χ0n) is 3.41. The van der Waals surface area contributed by atoms with Crippen molar-refractivity contribution in [2.75, 3.05) is 12.3 Å². The van der Waals surface area contributed by atoms with E-state index in [1.54, 1.807) is 0 Å². The molecule has 0 unspecified atom stereocenters. The molecule has 1 saturated heterocycles. The van der Waals surface area contributed by atoms with E-state index in [-0.39, 0.29) is 0 Å². The van der Waals surface area contributed by atoms with Gasteiger partial charge in [-0.15, -0.1) is 0 Å². The van der Waals surface area contributed by atoms with Crippen LogP contribution in [0.15, 0.2) is 0 Å². The Morgan fingerprint density at radius 1 is 1.00 bits per heavy atom. The Kier molecular flexibility index (Phi) is 1.89. The minimum Gasteiger partial charge on any atom is -0.340 e. The second-order valence-electron chi connectivity index (χ2n) is 1.06. The summed E-state index contributed by atoms with van der Waals surface area (Å²) in [6.07, 6.45) is 2.36. The molecule has 4 radical (unpaired) electrons. The van der Waals surface area contributed by atoms with E-state index in [0.29, 0.717) is 0 Å². The van der Waals surface area contributed by atoms with Crippen molar-refractivity contribution in [3.8, 4) is 0 Å². The van der Waals surface area contributed by atoms with Crippen molar-refractivity contribution in [1.82, 2.24) is 9.96 Å². The van der Waals surface area contributed by atoms with Crippen LogP contribution in [0.4, 0.5) is 0 Å². The Labute approximate surface area is 42.5 Å². The molecular formula is C2H6N2Si2. The molecule has 6 heavy (non-hydrogen) atoms. The van der Waals surface area contributed by atoms with Crippen molar-refractivity contribution < 1.29 is 0 Å². The Hall–Kier alpha value is 0.354. The zero-order chi connectivity index (χ0) is 4.24. The van der Waals surface area contributed by atoms with Gasteiger partial charge in [0.05, 0.1) is 0 Å². The van der Waals surface area contributed by atoms with Crippen molar-refractivity contribution in [3.63, 3.8) is 0 Å². The third-order valence-corrected chi connectivity index (χ3v) is 2.87. The molecule has 0 saturated carbocycles.